The zero-order chi connectivity index (χ0) is 17.7. The van der Waals surface area contributed by atoms with Crippen LogP contribution in [0, 0.1) is 5.92 Å². The van der Waals surface area contributed by atoms with Crippen LogP contribution in [0.4, 0.5) is 0 Å². The van der Waals surface area contributed by atoms with Gasteiger partial charge in [-0.2, -0.15) is 0 Å². The Morgan fingerprint density at radius 2 is 2.21 bits per heavy atom. The molecule has 2 atom stereocenters. The van der Waals surface area contributed by atoms with E-state index in [2.05, 4.69) is 4.72 Å². The average Bonchev–Trinajstić information content (AvgIpc) is 2.95. The number of carbonyl (C=O) groups is 1. The van der Waals surface area contributed by atoms with Gasteiger partial charge in [0.15, 0.2) is 0 Å². The van der Waals surface area contributed by atoms with Crippen LogP contribution in [0.1, 0.15) is 23.7 Å². The molecule has 1 aliphatic rings. The summed E-state index contributed by atoms with van der Waals surface area (Å²) in [5.74, 6) is 0.138. The first-order chi connectivity index (χ1) is 11.4. The van der Waals surface area contributed by atoms with Crippen LogP contribution in [0.3, 0.4) is 0 Å². The molecule has 0 bridgehead atoms. The normalized spacial score (nSPS) is 21.2. The Hall–Kier alpha value is -1.48. The van der Waals surface area contributed by atoms with Crippen LogP contribution in [0.25, 0.3) is 0 Å². The second-order valence-corrected chi connectivity index (χ2v) is 7.83. The summed E-state index contributed by atoms with van der Waals surface area (Å²) in [6, 6.07) is 6.21. The first-order valence-electron chi connectivity index (χ1n) is 7.98. The van der Waals surface area contributed by atoms with Crippen molar-refractivity contribution in [3.05, 3.63) is 29.8 Å². The molecular formula is C16H25N3O4S. The third-order valence-electron chi connectivity index (χ3n) is 4.25. The number of benzene rings is 1. The molecule has 2 rings (SSSR count). The Balaban J connectivity index is 2.16. The largest absolute Gasteiger partial charge is 0.383 e. The van der Waals surface area contributed by atoms with Gasteiger partial charge in [0.25, 0.3) is 5.91 Å². The van der Waals surface area contributed by atoms with Crippen molar-refractivity contribution in [3.63, 3.8) is 0 Å². The van der Waals surface area contributed by atoms with Gasteiger partial charge in [0.1, 0.15) is 0 Å². The van der Waals surface area contributed by atoms with Crippen molar-refractivity contribution in [1.82, 2.24) is 9.62 Å². The van der Waals surface area contributed by atoms with Crippen molar-refractivity contribution in [3.8, 4) is 0 Å². The second-order valence-electron chi connectivity index (χ2n) is 6.06. The third-order valence-corrected chi connectivity index (χ3v) is 5.70. The molecule has 0 aromatic heterocycles. The lowest BCUT2D eigenvalue weighted by molar-refractivity contribution is 0.0743. The molecule has 1 aliphatic heterocycles. The zero-order valence-corrected chi connectivity index (χ0v) is 14.9. The number of nitrogens with one attached hydrogen (secondary N) is 1. The minimum Gasteiger partial charge on any atom is -0.383 e. The van der Waals surface area contributed by atoms with Crippen molar-refractivity contribution in [2.75, 3.05) is 33.4 Å². The molecule has 1 aromatic rings. The molecule has 1 heterocycles. The van der Waals surface area contributed by atoms with Crippen LogP contribution < -0.4 is 10.5 Å². The van der Waals surface area contributed by atoms with E-state index >= 15 is 0 Å². The number of sulfonamides is 1. The first kappa shape index (κ1) is 18.9. The molecule has 1 saturated heterocycles. The maximum atomic E-state index is 12.7. The zero-order valence-electron chi connectivity index (χ0n) is 14.1. The molecule has 0 spiro atoms. The van der Waals surface area contributed by atoms with E-state index in [1.165, 1.54) is 19.2 Å². The molecule has 8 heteroatoms. The molecule has 134 valence electrons. The number of likely N-dealkylation sites (tertiary alicyclic amines) is 1. The Morgan fingerprint density at radius 3 is 2.83 bits per heavy atom. The van der Waals surface area contributed by atoms with Crippen molar-refractivity contribution < 1.29 is 17.9 Å². The predicted octanol–water partition coefficient (Wildman–Crippen LogP) is 0.421. The van der Waals surface area contributed by atoms with Crippen LogP contribution in [0.5, 0.6) is 0 Å². The highest BCUT2D eigenvalue weighted by Gasteiger charge is 2.32. The van der Waals surface area contributed by atoms with Gasteiger partial charge in [-0.15, -0.1) is 0 Å². The van der Waals surface area contributed by atoms with Gasteiger partial charge >= 0.3 is 0 Å². The molecule has 7 nitrogen and oxygen atoms in total. The summed E-state index contributed by atoms with van der Waals surface area (Å²) >= 11 is 0. The number of amides is 1. The van der Waals surface area contributed by atoms with Gasteiger partial charge in [0.2, 0.25) is 10.0 Å². The molecule has 3 N–H and O–H groups in total. The summed E-state index contributed by atoms with van der Waals surface area (Å²) in [7, 11) is -2.16. The SMILES string of the molecule is COCCNS(=O)(=O)c1cccc(C(=O)N2CC(CN)CC2C)c1. The van der Waals surface area contributed by atoms with E-state index < -0.39 is 10.0 Å². The van der Waals surface area contributed by atoms with Crippen LogP contribution >= 0.6 is 0 Å². The average molecular weight is 355 g/mol. The summed E-state index contributed by atoms with van der Waals surface area (Å²) < 4.78 is 31.8. The standard InChI is InChI=1S/C16H25N3O4S/c1-12-8-13(10-17)11-19(12)16(20)14-4-3-5-15(9-14)24(21,22)18-6-7-23-2/h3-5,9,12-13,18H,6-8,10-11,17H2,1-2H3. The highest BCUT2D eigenvalue weighted by molar-refractivity contribution is 7.89. The van der Waals surface area contributed by atoms with Crippen LogP contribution in [-0.4, -0.2) is 58.6 Å². The monoisotopic (exact) mass is 355 g/mol. The lowest BCUT2D eigenvalue weighted by Gasteiger charge is -2.22. The second kappa shape index (κ2) is 8.06. The lowest BCUT2D eigenvalue weighted by atomic mass is 10.1. The number of carbonyl (C=O) groups excluding carboxylic acids is 1. The molecule has 0 aliphatic carbocycles. The lowest BCUT2D eigenvalue weighted by Crippen LogP contribution is -2.34. The molecule has 0 radical (unpaired) electrons. The number of ether oxygens (including phenoxy) is 1. The van der Waals surface area contributed by atoms with Crippen molar-refractivity contribution in [2.24, 2.45) is 11.7 Å². The van der Waals surface area contributed by atoms with Gasteiger partial charge in [0, 0.05) is 31.8 Å². The Morgan fingerprint density at radius 1 is 1.46 bits per heavy atom. The van der Waals surface area contributed by atoms with E-state index in [0.717, 1.165) is 6.42 Å². The van der Waals surface area contributed by atoms with E-state index in [9.17, 15) is 13.2 Å². The van der Waals surface area contributed by atoms with Crippen LogP contribution in [-0.2, 0) is 14.8 Å². The van der Waals surface area contributed by atoms with Crippen LogP contribution in [0.2, 0.25) is 0 Å². The molecule has 2 unspecified atom stereocenters. The summed E-state index contributed by atoms with van der Waals surface area (Å²) in [5, 5.41) is 0. The van der Waals surface area contributed by atoms with E-state index in [4.69, 9.17) is 10.5 Å². The maximum Gasteiger partial charge on any atom is 0.254 e. The molecule has 0 saturated carbocycles. The quantitative estimate of drug-likeness (QED) is 0.690. The van der Waals surface area contributed by atoms with Gasteiger partial charge in [-0.3, -0.25) is 4.79 Å². The highest BCUT2D eigenvalue weighted by atomic mass is 32.2. The van der Waals surface area contributed by atoms with Crippen molar-refractivity contribution in [1.29, 1.82) is 0 Å². The number of hydrogen-bond acceptors (Lipinski definition) is 5. The summed E-state index contributed by atoms with van der Waals surface area (Å²) in [6.07, 6.45) is 0.874. The topological polar surface area (TPSA) is 102 Å². The fourth-order valence-corrected chi connectivity index (χ4v) is 3.98. The van der Waals surface area contributed by atoms with Crippen molar-refractivity contribution >= 4 is 15.9 Å². The first-order valence-corrected chi connectivity index (χ1v) is 9.47. The molecular weight excluding hydrogens is 330 g/mol. The van der Waals surface area contributed by atoms with Gasteiger partial charge < -0.3 is 15.4 Å². The van der Waals surface area contributed by atoms with Gasteiger partial charge in [0.05, 0.1) is 11.5 Å². The number of methoxy groups -OCH3 is 1. The fourth-order valence-electron chi connectivity index (χ4n) is 2.92. The molecule has 1 fully saturated rings. The Kier molecular flexibility index (Phi) is 6.34. The predicted molar refractivity (Wildman–Crippen MR) is 91.2 cm³/mol. The molecule has 1 amide bonds. The minimum atomic E-state index is -3.66. The van der Waals surface area contributed by atoms with Gasteiger partial charge in [-0.05, 0) is 44.0 Å². The van der Waals surface area contributed by atoms with E-state index in [1.807, 2.05) is 6.92 Å². The van der Waals surface area contributed by atoms with Gasteiger partial charge in [-0.25, -0.2) is 13.1 Å². The fraction of sp³-hybridized carbons (Fsp3) is 0.562. The van der Waals surface area contributed by atoms with E-state index in [0.29, 0.717) is 24.6 Å². The molecule has 24 heavy (non-hydrogen) atoms. The summed E-state index contributed by atoms with van der Waals surface area (Å²) in [5.41, 5.74) is 6.07. The Bertz CT molecular complexity index is 678. The summed E-state index contributed by atoms with van der Waals surface area (Å²) in [4.78, 5) is 14.5. The smallest absolute Gasteiger partial charge is 0.254 e. The van der Waals surface area contributed by atoms with E-state index in [-0.39, 0.29) is 30.0 Å². The number of hydrogen-bond donors (Lipinski definition) is 2. The minimum absolute atomic E-state index is 0.0756. The van der Waals surface area contributed by atoms with Crippen LogP contribution in [0.15, 0.2) is 29.2 Å². The Labute approximate surface area is 143 Å². The number of nitrogens with two attached hydrogens (primary N) is 1. The van der Waals surface area contributed by atoms with Gasteiger partial charge in [-0.1, -0.05) is 6.07 Å². The number of nitrogens with zero attached hydrogens (tertiary/aromatic N) is 1. The van der Waals surface area contributed by atoms with E-state index in [1.54, 1.807) is 17.0 Å². The summed E-state index contributed by atoms with van der Waals surface area (Å²) in [6.45, 7) is 3.61. The third kappa shape index (κ3) is 4.32. The maximum absolute atomic E-state index is 12.7. The highest BCUT2D eigenvalue weighted by Crippen LogP contribution is 2.24. The van der Waals surface area contributed by atoms with Crippen molar-refractivity contribution in [2.45, 2.75) is 24.3 Å². The number of rotatable bonds is 7. The molecule has 1 aromatic carbocycles.